The van der Waals surface area contributed by atoms with Gasteiger partial charge in [0, 0.05) is 55.7 Å². The predicted molar refractivity (Wildman–Crippen MR) is 152 cm³/mol. The summed E-state index contributed by atoms with van der Waals surface area (Å²) in [6.45, 7) is 6.99. The van der Waals surface area contributed by atoms with Gasteiger partial charge in [0.2, 0.25) is 5.91 Å². The standard InChI is InChI=1S/C30H33N7O3/c1-21-6-7-22(2)37(21)28(38)17-23-4-3-5-25(16-23)36-19-26(29-31-10-11-35(29)20-36)33-27-9-8-24(18-32-27)30(39)34-12-14-40-15-13-34/h3-11,16,18-19,21-22H,12-15,17,20H2,1-2H3,(H,32,33). The van der Waals surface area contributed by atoms with Crippen LogP contribution in [0.4, 0.5) is 11.5 Å². The molecule has 6 rings (SSSR count). The van der Waals surface area contributed by atoms with E-state index in [2.05, 4.69) is 56.8 Å². The molecule has 10 heteroatoms. The fourth-order valence-corrected chi connectivity index (χ4v) is 5.45. The molecule has 1 saturated heterocycles. The van der Waals surface area contributed by atoms with Crippen LogP contribution in [-0.2, 0) is 22.6 Å². The maximum atomic E-state index is 13.1. The summed E-state index contributed by atoms with van der Waals surface area (Å²) in [5.74, 6) is 1.49. The summed E-state index contributed by atoms with van der Waals surface area (Å²) in [6.07, 6.45) is 11.8. The molecular weight excluding hydrogens is 506 g/mol. The minimum absolute atomic E-state index is 0.0378. The molecule has 3 aliphatic rings. The van der Waals surface area contributed by atoms with Crippen LogP contribution in [0.2, 0.25) is 0 Å². The topological polar surface area (TPSA) is 95.8 Å². The first-order valence-electron chi connectivity index (χ1n) is 13.6. The summed E-state index contributed by atoms with van der Waals surface area (Å²) in [4.78, 5) is 40.7. The molecule has 2 atom stereocenters. The molecule has 2 unspecified atom stereocenters. The number of fused-ring (bicyclic) bond motifs is 1. The average molecular weight is 540 g/mol. The van der Waals surface area contributed by atoms with Crippen molar-refractivity contribution in [2.24, 2.45) is 0 Å². The van der Waals surface area contributed by atoms with E-state index in [-0.39, 0.29) is 23.9 Å². The minimum Gasteiger partial charge on any atom is -0.378 e. The van der Waals surface area contributed by atoms with E-state index in [0.29, 0.717) is 50.8 Å². The van der Waals surface area contributed by atoms with Gasteiger partial charge < -0.3 is 29.3 Å². The Balaban J connectivity index is 1.19. The lowest BCUT2D eigenvalue weighted by Gasteiger charge is -2.29. The molecule has 3 aliphatic heterocycles. The lowest BCUT2D eigenvalue weighted by atomic mass is 10.1. The van der Waals surface area contributed by atoms with Crippen LogP contribution < -0.4 is 10.2 Å². The zero-order chi connectivity index (χ0) is 27.6. The van der Waals surface area contributed by atoms with Gasteiger partial charge in [-0.15, -0.1) is 0 Å². The van der Waals surface area contributed by atoms with E-state index in [1.807, 2.05) is 41.6 Å². The maximum Gasteiger partial charge on any atom is 0.255 e. The Morgan fingerprint density at radius 1 is 1.05 bits per heavy atom. The fraction of sp³-hybridized carbons (Fsp3) is 0.333. The smallest absolute Gasteiger partial charge is 0.255 e. The first-order valence-corrected chi connectivity index (χ1v) is 13.6. The maximum absolute atomic E-state index is 13.1. The Hall–Kier alpha value is -4.44. The number of hydrogen-bond acceptors (Lipinski definition) is 7. The molecule has 1 N–H and O–H groups in total. The molecule has 2 amide bonds. The molecule has 0 radical (unpaired) electrons. The third-order valence-corrected chi connectivity index (χ3v) is 7.55. The number of aromatic nitrogens is 3. The Morgan fingerprint density at radius 2 is 1.85 bits per heavy atom. The minimum atomic E-state index is -0.0378. The number of anilines is 2. The van der Waals surface area contributed by atoms with Gasteiger partial charge in [0.25, 0.3) is 5.91 Å². The molecule has 206 valence electrons. The second-order valence-corrected chi connectivity index (χ2v) is 10.4. The number of nitrogens with one attached hydrogen (secondary N) is 1. The van der Waals surface area contributed by atoms with Crippen LogP contribution in [0.5, 0.6) is 0 Å². The van der Waals surface area contributed by atoms with Gasteiger partial charge in [0.15, 0.2) is 5.82 Å². The zero-order valence-electron chi connectivity index (χ0n) is 22.7. The molecular formula is C30H33N7O3. The van der Waals surface area contributed by atoms with Crippen molar-refractivity contribution in [3.63, 3.8) is 0 Å². The molecule has 0 spiro atoms. The number of ether oxygens (including phenoxy) is 1. The Morgan fingerprint density at radius 3 is 2.60 bits per heavy atom. The van der Waals surface area contributed by atoms with Crippen molar-refractivity contribution >= 4 is 29.0 Å². The number of nitrogens with zero attached hydrogens (tertiary/aromatic N) is 6. The second kappa shape index (κ2) is 11.0. The molecule has 40 heavy (non-hydrogen) atoms. The van der Waals surface area contributed by atoms with Crippen molar-refractivity contribution in [2.45, 2.75) is 39.0 Å². The van der Waals surface area contributed by atoms with Gasteiger partial charge >= 0.3 is 0 Å². The molecule has 0 bridgehead atoms. The number of rotatable bonds is 6. The number of imidazole rings is 1. The van der Waals surface area contributed by atoms with E-state index in [4.69, 9.17) is 4.74 Å². The van der Waals surface area contributed by atoms with Gasteiger partial charge in [-0.3, -0.25) is 9.59 Å². The highest BCUT2D eigenvalue weighted by Crippen LogP contribution is 2.27. The number of carbonyl (C=O) groups excluding carboxylic acids is 2. The first-order chi connectivity index (χ1) is 19.5. The van der Waals surface area contributed by atoms with E-state index >= 15 is 0 Å². The predicted octanol–water partition coefficient (Wildman–Crippen LogP) is 3.36. The summed E-state index contributed by atoms with van der Waals surface area (Å²) in [5, 5.41) is 3.37. The summed E-state index contributed by atoms with van der Waals surface area (Å²) < 4.78 is 7.40. The molecule has 0 saturated carbocycles. The third kappa shape index (κ3) is 5.22. The highest BCUT2D eigenvalue weighted by atomic mass is 16.5. The quantitative estimate of drug-likeness (QED) is 0.480. The summed E-state index contributed by atoms with van der Waals surface area (Å²) in [6, 6.07) is 11.9. The molecule has 0 aliphatic carbocycles. The van der Waals surface area contributed by atoms with Gasteiger partial charge in [0.05, 0.1) is 30.9 Å². The SMILES string of the molecule is CC1C=CC(C)N1C(=O)Cc1cccc(N2C=C(Nc3ccc(C(=O)N4CCOCC4)cn3)c3nccn3C2)c1. The number of morpholine rings is 1. The van der Waals surface area contributed by atoms with Gasteiger partial charge in [-0.25, -0.2) is 9.97 Å². The molecule has 1 aromatic carbocycles. The average Bonchev–Trinajstić information content (AvgIpc) is 3.59. The van der Waals surface area contributed by atoms with Crippen molar-refractivity contribution in [1.29, 1.82) is 0 Å². The van der Waals surface area contributed by atoms with Gasteiger partial charge in [-0.1, -0.05) is 24.3 Å². The van der Waals surface area contributed by atoms with Gasteiger partial charge in [-0.05, 0) is 43.7 Å². The van der Waals surface area contributed by atoms with E-state index in [9.17, 15) is 9.59 Å². The highest BCUT2D eigenvalue weighted by Gasteiger charge is 2.27. The van der Waals surface area contributed by atoms with Crippen LogP contribution in [0.1, 0.15) is 35.6 Å². The molecule has 5 heterocycles. The molecule has 1 fully saturated rings. The Labute approximate surface area is 233 Å². The second-order valence-electron chi connectivity index (χ2n) is 10.4. The fourth-order valence-electron chi connectivity index (χ4n) is 5.45. The summed E-state index contributed by atoms with van der Waals surface area (Å²) in [5.41, 5.74) is 3.27. The third-order valence-electron chi connectivity index (χ3n) is 7.55. The number of amides is 2. The van der Waals surface area contributed by atoms with Crippen LogP contribution in [0, 0.1) is 0 Å². The molecule has 10 nitrogen and oxygen atoms in total. The number of carbonyl (C=O) groups is 2. The highest BCUT2D eigenvalue weighted by molar-refractivity contribution is 5.94. The van der Waals surface area contributed by atoms with Gasteiger partial charge in [0.1, 0.15) is 12.5 Å². The lowest BCUT2D eigenvalue weighted by Crippen LogP contribution is -2.40. The van der Waals surface area contributed by atoms with Crippen LogP contribution >= 0.6 is 0 Å². The van der Waals surface area contributed by atoms with Crippen LogP contribution in [0.3, 0.4) is 0 Å². The van der Waals surface area contributed by atoms with E-state index in [1.165, 1.54) is 0 Å². The van der Waals surface area contributed by atoms with Gasteiger partial charge in [-0.2, -0.15) is 0 Å². The number of hydrogen-bond donors (Lipinski definition) is 1. The number of benzene rings is 1. The van der Waals surface area contributed by atoms with E-state index < -0.39 is 0 Å². The van der Waals surface area contributed by atoms with Crippen LogP contribution in [-0.4, -0.2) is 74.5 Å². The largest absolute Gasteiger partial charge is 0.378 e. The van der Waals surface area contributed by atoms with Crippen LogP contribution in [0.25, 0.3) is 5.70 Å². The number of pyridine rings is 1. The van der Waals surface area contributed by atoms with Crippen LogP contribution in [0.15, 0.2) is 73.3 Å². The first kappa shape index (κ1) is 25.8. The normalized spacial score (nSPS) is 20.4. The summed E-state index contributed by atoms with van der Waals surface area (Å²) in [7, 11) is 0. The zero-order valence-corrected chi connectivity index (χ0v) is 22.7. The van der Waals surface area contributed by atoms with E-state index in [1.54, 1.807) is 23.4 Å². The van der Waals surface area contributed by atoms with Crippen molar-refractivity contribution < 1.29 is 14.3 Å². The Bertz CT molecular complexity index is 1440. The molecule has 2 aromatic heterocycles. The van der Waals surface area contributed by atoms with Crippen molar-refractivity contribution in [3.8, 4) is 0 Å². The monoisotopic (exact) mass is 539 g/mol. The summed E-state index contributed by atoms with van der Waals surface area (Å²) >= 11 is 0. The Kier molecular flexibility index (Phi) is 7.08. The van der Waals surface area contributed by atoms with E-state index in [0.717, 1.165) is 22.8 Å². The van der Waals surface area contributed by atoms with Crippen molar-refractivity contribution in [2.75, 3.05) is 36.5 Å². The van der Waals surface area contributed by atoms with Crippen molar-refractivity contribution in [1.82, 2.24) is 24.3 Å². The lowest BCUT2D eigenvalue weighted by molar-refractivity contribution is -0.132. The molecule has 3 aromatic rings. The van der Waals surface area contributed by atoms with Crippen molar-refractivity contribution in [3.05, 3.63) is 90.3 Å².